The van der Waals surface area contributed by atoms with Gasteiger partial charge in [-0.05, 0) is 19.4 Å². The molecular weight excluding hydrogens is 358 g/mol. The van der Waals surface area contributed by atoms with Crippen molar-refractivity contribution in [2.75, 3.05) is 31.9 Å². The minimum absolute atomic E-state index is 0.0347. The first-order chi connectivity index (χ1) is 11.1. The fraction of sp³-hybridized carbons (Fsp3) is 0.538. The van der Waals surface area contributed by atoms with Crippen molar-refractivity contribution in [1.29, 1.82) is 0 Å². The van der Waals surface area contributed by atoms with E-state index in [1.807, 2.05) is 0 Å². The number of nitro benzene ring substituents is 1. The summed E-state index contributed by atoms with van der Waals surface area (Å²) in [7, 11) is -7.45. The lowest BCUT2D eigenvalue weighted by Crippen LogP contribution is -2.50. The average Bonchev–Trinajstić information content (AvgIpc) is 2.54. The molecule has 9 nitrogen and oxygen atoms in total. The normalized spacial score (nSPS) is 17.8. The van der Waals surface area contributed by atoms with Gasteiger partial charge in [-0.1, -0.05) is 12.1 Å². The standard InChI is InChI=1S/C13H19N3O6S2/c1-3-23(19,20)14-7-9-15(10-8-14)24(21,22)13-11(2)5-4-6-12(13)16(17)18/h4-6H,3,7-10H2,1-2H3. The molecule has 1 aliphatic heterocycles. The molecule has 24 heavy (non-hydrogen) atoms. The second-order valence-corrected chi connectivity index (χ2v) is 9.52. The molecule has 0 spiro atoms. The molecule has 1 heterocycles. The summed E-state index contributed by atoms with van der Waals surface area (Å²) in [5.41, 5.74) is -0.189. The summed E-state index contributed by atoms with van der Waals surface area (Å²) in [5.74, 6) is -0.0526. The molecular formula is C13H19N3O6S2. The van der Waals surface area contributed by atoms with E-state index in [1.54, 1.807) is 0 Å². The van der Waals surface area contributed by atoms with Crippen LogP contribution in [0.2, 0.25) is 0 Å². The smallest absolute Gasteiger partial charge is 0.258 e. The topological polar surface area (TPSA) is 118 Å². The van der Waals surface area contributed by atoms with Gasteiger partial charge in [0.05, 0.1) is 10.7 Å². The number of nitrogens with zero attached hydrogens (tertiary/aromatic N) is 3. The van der Waals surface area contributed by atoms with Crippen LogP contribution in [0.4, 0.5) is 5.69 Å². The van der Waals surface area contributed by atoms with Gasteiger partial charge in [-0.2, -0.15) is 8.61 Å². The van der Waals surface area contributed by atoms with E-state index < -0.39 is 30.7 Å². The molecule has 1 fully saturated rings. The van der Waals surface area contributed by atoms with Gasteiger partial charge in [0.1, 0.15) is 0 Å². The summed E-state index contributed by atoms with van der Waals surface area (Å²) in [6, 6.07) is 4.08. The van der Waals surface area contributed by atoms with Crippen LogP contribution in [0.5, 0.6) is 0 Å². The molecule has 0 bridgehead atoms. The van der Waals surface area contributed by atoms with Gasteiger partial charge >= 0.3 is 0 Å². The number of hydrogen-bond donors (Lipinski definition) is 0. The van der Waals surface area contributed by atoms with Gasteiger partial charge < -0.3 is 0 Å². The number of sulfonamides is 2. The van der Waals surface area contributed by atoms with Crippen LogP contribution in [0.25, 0.3) is 0 Å². The number of benzene rings is 1. The second kappa shape index (κ2) is 6.75. The van der Waals surface area contributed by atoms with Crippen LogP contribution in [0.3, 0.4) is 0 Å². The number of nitro groups is 1. The zero-order valence-electron chi connectivity index (χ0n) is 13.4. The van der Waals surface area contributed by atoms with Crippen LogP contribution in [0.1, 0.15) is 12.5 Å². The van der Waals surface area contributed by atoms with Crippen LogP contribution in [-0.4, -0.2) is 62.3 Å². The van der Waals surface area contributed by atoms with Gasteiger partial charge in [0.25, 0.3) is 5.69 Å². The largest absolute Gasteiger partial charge is 0.289 e. The molecule has 1 aliphatic rings. The molecule has 1 aromatic carbocycles. The van der Waals surface area contributed by atoms with Gasteiger partial charge in [0.15, 0.2) is 4.90 Å². The first kappa shape index (κ1) is 18.8. The second-order valence-electron chi connectivity index (χ2n) is 5.38. The first-order valence-electron chi connectivity index (χ1n) is 7.33. The summed E-state index contributed by atoms with van der Waals surface area (Å²) < 4.78 is 51.7. The molecule has 0 aliphatic carbocycles. The highest BCUT2D eigenvalue weighted by atomic mass is 32.2. The Bertz CT molecular complexity index is 842. The van der Waals surface area contributed by atoms with E-state index in [4.69, 9.17) is 0 Å². The molecule has 0 unspecified atom stereocenters. The Balaban J connectivity index is 2.33. The van der Waals surface area contributed by atoms with Crippen molar-refractivity contribution in [3.63, 3.8) is 0 Å². The summed E-state index contributed by atoms with van der Waals surface area (Å²) in [4.78, 5) is 10.1. The molecule has 0 amide bonds. The quantitative estimate of drug-likeness (QED) is 0.546. The first-order valence-corrected chi connectivity index (χ1v) is 10.4. The average molecular weight is 377 g/mol. The Labute approximate surface area is 141 Å². The van der Waals surface area contributed by atoms with E-state index in [2.05, 4.69) is 0 Å². The van der Waals surface area contributed by atoms with Gasteiger partial charge in [0.2, 0.25) is 20.0 Å². The Hall–Kier alpha value is -1.56. The van der Waals surface area contributed by atoms with Crippen molar-refractivity contribution in [3.8, 4) is 0 Å². The number of aryl methyl sites for hydroxylation is 1. The molecule has 0 aromatic heterocycles. The Morgan fingerprint density at radius 3 is 2.12 bits per heavy atom. The number of piperazine rings is 1. The monoisotopic (exact) mass is 377 g/mol. The van der Waals surface area contributed by atoms with Gasteiger partial charge in [0, 0.05) is 32.2 Å². The summed E-state index contributed by atoms with van der Waals surface area (Å²) in [6.07, 6.45) is 0. The molecule has 1 saturated heterocycles. The fourth-order valence-electron chi connectivity index (χ4n) is 2.62. The van der Waals surface area contributed by atoms with Gasteiger partial charge in [-0.3, -0.25) is 10.1 Å². The molecule has 0 N–H and O–H groups in total. The summed E-state index contributed by atoms with van der Waals surface area (Å²) in [6.45, 7) is 3.02. The highest BCUT2D eigenvalue weighted by Crippen LogP contribution is 2.30. The highest BCUT2D eigenvalue weighted by Gasteiger charge is 2.36. The minimum atomic E-state index is -4.07. The molecule has 0 atom stereocenters. The van der Waals surface area contributed by atoms with E-state index in [0.29, 0.717) is 0 Å². The molecule has 2 rings (SSSR count). The van der Waals surface area contributed by atoms with Crippen molar-refractivity contribution in [3.05, 3.63) is 33.9 Å². The van der Waals surface area contributed by atoms with E-state index in [1.165, 1.54) is 30.3 Å². The third-order valence-electron chi connectivity index (χ3n) is 3.94. The lowest BCUT2D eigenvalue weighted by molar-refractivity contribution is -0.387. The van der Waals surface area contributed by atoms with Crippen molar-refractivity contribution >= 4 is 25.7 Å². The molecule has 0 radical (unpaired) electrons. The minimum Gasteiger partial charge on any atom is -0.258 e. The summed E-state index contributed by atoms with van der Waals surface area (Å²) in [5, 5.41) is 11.2. The molecule has 134 valence electrons. The fourth-order valence-corrected chi connectivity index (χ4v) is 5.49. The van der Waals surface area contributed by atoms with Crippen molar-refractivity contribution in [1.82, 2.24) is 8.61 Å². The summed E-state index contributed by atoms with van der Waals surface area (Å²) >= 11 is 0. The number of rotatable bonds is 5. The van der Waals surface area contributed by atoms with Crippen LogP contribution >= 0.6 is 0 Å². The van der Waals surface area contributed by atoms with Crippen LogP contribution < -0.4 is 0 Å². The van der Waals surface area contributed by atoms with Gasteiger partial charge in [-0.15, -0.1) is 0 Å². The predicted molar refractivity (Wildman–Crippen MR) is 87.6 cm³/mol. The number of hydrogen-bond acceptors (Lipinski definition) is 6. The zero-order valence-corrected chi connectivity index (χ0v) is 15.0. The maximum Gasteiger partial charge on any atom is 0.289 e. The van der Waals surface area contributed by atoms with E-state index >= 15 is 0 Å². The van der Waals surface area contributed by atoms with Crippen molar-refractivity contribution < 1.29 is 21.8 Å². The SMILES string of the molecule is CCS(=O)(=O)N1CCN(S(=O)(=O)c2c(C)cccc2[N+](=O)[O-])CC1. The third-order valence-corrected chi connectivity index (χ3v) is 7.92. The lowest BCUT2D eigenvalue weighted by Gasteiger charge is -2.33. The van der Waals surface area contributed by atoms with Crippen LogP contribution in [-0.2, 0) is 20.0 Å². The Kier molecular flexibility index (Phi) is 5.28. The highest BCUT2D eigenvalue weighted by molar-refractivity contribution is 7.89. The Morgan fingerprint density at radius 1 is 1.08 bits per heavy atom. The zero-order chi connectivity index (χ0) is 18.1. The van der Waals surface area contributed by atoms with Crippen molar-refractivity contribution in [2.24, 2.45) is 0 Å². The third kappa shape index (κ3) is 3.43. The maximum absolute atomic E-state index is 12.8. The molecule has 0 saturated carbocycles. The van der Waals surface area contributed by atoms with Crippen molar-refractivity contribution in [2.45, 2.75) is 18.7 Å². The van der Waals surface area contributed by atoms with Gasteiger partial charge in [-0.25, -0.2) is 16.8 Å². The van der Waals surface area contributed by atoms with Crippen LogP contribution in [0, 0.1) is 17.0 Å². The Morgan fingerprint density at radius 2 is 1.62 bits per heavy atom. The molecule has 1 aromatic rings. The predicted octanol–water partition coefficient (Wildman–Crippen LogP) is 0.559. The van der Waals surface area contributed by atoms with Crippen LogP contribution in [0.15, 0.2) is 23.1 Å². The molecule has 11 heteroatoms. The van der Waals surface area contributed by atoms with E-state index in [0.717, 1.165) is 10.4 Å². The van der Waals surface area contributed by atoms with E-state index in [-0.39, 0.29) is 42.4 Å². The van der Waals surface area contributed by atoms with E-state index in [9.17, 15) is 26.9 Å². The lowest BCUT2D eigenvalue weighted by atomic mass is 10.2. The maximum atomic E-state index is 12.8.